The van der Waals surface area contributed by atoms with Crippen LogP contribution >= 0.6 is 0 Å². The highest BCUT2D eigenvalue weighted by Gasteiger charge is 2.31. The molecule has 132 valence electrons. The Morgan fingerprint density at radius 3 is 2.50 bits per heavy atom. The maximum absolute atomic E-state index is 12.4. The summed E-state index contributed by atoms with van der Waals surface area (Å²) in [6.45, 7) is 6.37. The van der Waals surface area contributed by atoms with Gasteiger partial charge < -0.3 is 9.64 Å². The van der Waals surface area contributed by atoms with E-state index in [0.717, 1.165) is 0 Å². The van der Waals surface area contributed by atoms with Crippen molar-refractivity contribution >= 4 is 18.3 Å². The van der Waals surface area contributed by atoms with Crippen LogP contribution in [0.15, 0.2) is 17.4 Å². The molecule has 6 nitrogen and oxygen atoms in total. The molecular formula is C15H19F3N4O2. The first kappa shape index (κ1) is 18.2. The van der Waals surface area contributed by atoms with Crippen LogP contribution in [0.1, 0.15) is 32.8 Å². The Morgan fingerprint density at radius 2 is 1.96 bits per heavy atom. The summed E-state index contributed by atoms with van der Waals surface area (Å²) in [5.74, 6) is -0.0536. The minimum absolute atomic E-state index is 0.0107. The van der Waals surface area contributed by atoms with Crippen LogP contribution in [0, 0.1) is 5.92 Å². The van der Waals surface area contributed by atoms with Gasteiger partial charge in [-0.25, -0.2) is 19.8 Å². The Labute approximate surface area is 137 Å². The number of hydrogen-bond acceptors (Lipinski definition) is 5. The highest BCUT2D eigenvalue weighted by molar-refractivity contribution is 5.71. The third kappa shape index (κ3) is 5.17. The molecule has 1 aromatic rings. The number of carbonyl (C=O) groups excluding carboxylic acids is 1. The standard InChI is InChI=1S/C15H19F3N4O2/c1-14(2,3)24-13(23)22-5-4-10(9-22)6-19-12-20-7-11(8-21-12)15(16,17)18/h6-8,10H,4-5,9H2,1-3H3. The molecule has 0 bridgehead atoms. The van der Waals surface area contributed by atoms with E-state index in [1.54, 1.807) is 31.9 Å². The van der Waals surface area contributed by atoms with Crippen LogP contribution in [0.25, 0.3) is 0 Å². The Hall–Kier alpha value is -2.19. The molecule has 1 fully saturated rings. The summed E-state index contributed by atoms with van der Waals surface area (Å²) < 4.78 is 42.5. The second kappa shape index (κ2) is 6.74. The second-order valence-corrected chi connectivity index (χ2v) is 6.52. The summed E-state index contributed by atoms with van der Waals surface area (Å²) in [6, 6.07) is 0. The summed E-state index contributed by atoms with van der Waals surface area (Å²) in [6.07, 6.45) is -1.20. The summed E-state index contributed by atoms with van der Waals surface area (Å²) in [4.78, 5) is 24.7. The third-order valence-corrected chi connectivity index (χ3v) is 3.24. The van der Waals surface area contributed by atoms with Crippen molar-refractivity contribution in [3.63, 3.8) is 0 Å². The van der Waals surface area contributed by atoms with Crippen molar-refractivity contribution in [3.8, 4) is 0 Å². The van der Waals surface area contributed by atoms with Crippen LogP contribution < -0.4 is 0 Å². The van der Waals surface area contributed by atoms with E-state index in [1.165, 1.54) is 0 Å². The molecule has 0 aromatic carbocycles. The molecule has 0 aliphatic carbocycles. The average Bonchev–Trinajstić information content (AvgIpc) is 2.92. The molecule has 0 N–H and O–H groups in total. The van der Waals surface area contributed by atoms with Gasteiger partial charge in [0.25, 0.3) is 0 Å². The zero-order valence-corrected chi connectivity index (χ0v) is 13.7. The maximum Gasteiger partial charge on any atom is 0.419 e. The fourth-order valence-corrected chi connectivity index (χ4v) is 2.11. The lowest BCUT2D eigenvalue weighted by atomic mass is 10.1. The van der Waals surface area contributed by atoms with E-state index in [-0.39, 0.29) is 18.0 Å². The van der Waals surface area contributed by atoms with Gasteiger partial charge in [-0.15, -0.1) is 0 Å². The number of ether oxygens (including phenoxy) is 1. The molecule has 1 aliphatic heterocycles. The first-order valence-electron chi connectivity index (χ1n) is 7.46. The number of carbonyl (C=O) groups is 1. The minimum atomic E-state index is -4.47. The topological polar surface area (TPSA) is 67.7 Å². The Balaban J connectivity index is 1.91. The quantitative estimate of drug-likeness (QED) is 0.771. The van der Waals surface area contributed by atoms with Gasteiger partial charge in [0.05, 0.1) is 5.56 Å². The highest BCUT2D eigenvalue weighted by Crippen LogP contribution is 2.28. The van der Waals surface area contributed by atoms with E-state index >= 15 is 0 Å². The first-order valence-corrected chi connectivity index (χ1v) is 7.46. The monoisotopic (exact) mass is 344 g/mol. The summed E-state index contributed by atoms with van der Waals surface area (Å²) >= 11 is 0. The molecular weight excluding hydrogens is 325 g/mol. The van der Waals surface area contributed by atoms with Gasteiger partial charge in [0, 0.05) is 37.6 Å². The highest BCUT2D eigenvalue weighted by atomic mass is 19.4. The lowest BCUT2D eigenvalue weighted by Gasteiger charge is -2.24. The summed E-state index contributed by atoms with van der Waals surface area (Å²) in [7, 11) is 0. The molecule has 1 amide bonds. The van der Waals surface area contributed by atoms with Gasteiger partial charge in [-0.3, -0.25) is 0 Å². The van der Waals surface area contributed by atoms with Crippen molar-refractivity contribution in [3.05, 3.63) is 18.0 Å². The van der Waals surface area contributed by atoms with Gasteiger partial charge in [-0.2, -0.15) is 13.2 Å². The molecule has 1 aromatic heterocycles. The van der Waals surface area contributed by atoms with E-state index in [9.17, 15) is 18.0 Å². The molecule has 2 rings (SSSR count). The van der Waals surface area contributed by atoms with Gasteiger partial charge in [0.1, 0.15) is 5.60 Å². The number of nitrogens with zero attached hydrogens (tertiary/aromatic N) is 4. The number of alkyl halides is 3. The number of aliphatic imine (C=N–C) groups is 1. The van der Waals surface area contributed by atoms with E-state index in [4.69, 9.17) is 4.74 Å². The van der Waals surface area contributed by atoms with Crippen LogP contribution in [0.2, 0.25) is 0 Å². The fraction of sp³-hybridized carbons (Fsp3) is 0.600. The molecule has 24 heavy (non-hydrogen) atoms. The Bertz CT molecular complexity index is 609. The van der Waals surface area contributed by atoms with Gasteiger partial charge in [-0.05, 0) is 27.2 Å². The minimum Gasteiger partial charge on any atom is -0.444 e. The van der Waals surface area contributed by atoms with Crippen molar-refractivity contribution in [1.82, 2.24) is 14.9 Å². The third-order valence-electron chi connectivity index (χ3n) is 3.24. The molecule has 2 heterocycles. The van der Waals surface area contributed by atoms with E-state index in [1.807, 2.05) is 0 Å². The van der Waals surface area contributed by atoms with E-state index in [0.29, 0.717) is 31.9 Å². The SMILES string of the molecule is CC(C)(C)OC(=O)N1CCC(C=Nc2ncc(C(F)(F)F)cn2)C1. The maximum atomic E-state index is 12.4. The number of aromatic nitrogens is 2. The number of amides is 1. The molecule has 1 saturated heterocycles. The largest absolute Gasteiger partial charge is 0.444 e. The summed E-state index contributed by atoms with van der Waals surface area (Å²) in [5.41, 5.74) is -1.48. The lowest BCUT2D eigenvalue weighted by molar-refractivity contribution is -0.138. The van der Waals surface area contributed by atoms with Crippen molar-refractivity contribution in [2.45, 2.75) is 39.0 Å². The average molecular weight is 344 g/mol. The molecule has 0 spiro atoms. The smallest absolute Gasteiger partial charge is 0.419 e. The normalized spacial score (nSPS) is 19.1. The van der Waals surface area contributed by atoms with Gasteiger partial charge in [0.15, 0.2) is 0 Å². The molecule has 1 unspecified atom stereocenters. The first-order chi connectivity index (χ1) is 11.0. The van der Waals surface area contributed by atoms with Gasteiger partial charge >= 0.3 is 12.3 Å². The zero-order valence-electron chi connectivity index (χ0n) is 13.7. The Morgan fingerprint density at radius 1 is 1.33 bits per heavy atom. The van der Waals surface area contributed by atoms with Gasteiger partial charge in [0.2, 0.25) is 5.95 Å². The van der Waals surface area contributed by atoms with Crippen LogP contribution in [0.4, 0.5) is 23.9 Å². The van der Waals surface area contributed by atoms with E-state index < -0.39 is 17.3 Å². The molecule has 1 atom stereocenters. The molecule has 0 radical (unpaired) electrons. The van der Waals surface area contributed by atoms with Crippen molar-refractivity contribution in [2.75, 3.05) is 13.1 Å². The Kier molecular flexibility index (Phi) is 5.10. The molecule has 9 heteroatoms. The second-order valence-electron chi connectivity index (χ2n) is 6.52. The van der Waals surface area contributed by atoms with Crippen LogP contribution in [0.3, 0.4) is 0 Å². The van der Waals surface area contributed by atoms with Crippen molar-refractivity contribution < 1.29 is 22.7 Å². The molecule has 1 aliphatic rings. The van der Waals surface area contributed by atoms with Crippen LogP contribution in [-0.4, -0.2) is 45.9 Å². The number of halogens is 3. The predicted octanol–water partition coefficient (Wildman–Crippen LogP) is 3.45. The molecule has 0 saturated carbocycles. The number of hydrogen-bond donors (Lipinski definition) is 0. The summed E-state index contributed by atoms with van der Waals surface area (Å²) in [5, 5.41) is 0. The van der Waals surface area contributed by atoms with Crippen molar-refractivity contribution in [1.29, 1.82) is 0 Å². The number of rotatable bonds is 2. The lowest BCUT2D eigenvalue weighted by Crippen LogP contribution is -2.35. The predicted molar refractivity (Wildman–Crippen MR) is 81.1 cm³/mol. The van der Waals surface area contributed by atoms with Gasteiger partial charge in [-0.1, -0.05) is 0 Å². The van der Waals surface area contributed by atoms with Crippen LogP contribution in [-0.2, 0) is 10.9 Å². The fourth-order valence-electron chi connectivity index (χ4n) is 2.11. The number of likely N-dealkylation sites (tertiary alicyclic amines) is 1. The zero-order chi connectivity index (χ0) is 18.0. The van der Waals surface area contributed by atoms with Crippen LogP contribution in [0.5, 0.6) is 0 Å². The van der Waals surface area contributed by atoms with Crippen molar-refractivity contribution in [2.24, 2.45) is 10.9 Å². The van der Waals surface area contributed by atoms with E-state index in [2.05, 4.69) is 15.0 Å².